The number of nitrogens with one attached hydrogen (secondary N) is 1. The lowest BCUT2D eigenvalue weighted by Gasteiger charge is -2.37. The van der Waals surface area contributed by atoms with E-state index in [0.29, 0.717) is 5.92 Å². The van der Waals surface area contributed by atoms with Crippen molar-refractivity contribution in [2.24, 2.45) is 5.41 Å². The smallest absolute Gasteiger partial charge is 0.317 e. The lowest BCUT2D eigenvalue weighted by Crippen LogP contribution is -2.52. The Hall–Kier alpha value is -1.58. The minimum Gasteiger partial charge on any atom is -0.332 e. The Morgan fingerprint density at radius 2 is 1.82 bits per heavy atom. The highest BCUT2D eigenvalue weighted by Gasteiger charge is 2.53. The van der Waals surface area contributed by atoms with Gasteiger partial charge in [0.15, 0.2) is 0 Å². The lowest BCUT2D eigenvalue weighted by molar-refractivity contribution is 0.161. The van der Waals surface area contributed by atoms with Crippen LogP contribution in [0, 0.1) is 5.41 Å². The number of pyridine rings is 1. The van der Waals surface area contributed by atoms with Crippen molar-refractivity contribution in [3.05, 3.63) is 30.1 Å². The molecule has 2 fully saturated rings. The molecule has 1 saturated carbocycles. The Morgan fingerprint density at radius 3 is 2.32 bits per heavy atom. The van der Waals surface area contributed by atoms with Crippen LogP contribution in [-0.2, 0) is 0 Å². The van der Waals surface area contributed by atoms with Crippen molar-refractivity contribution >= 4 is 6.03 Å². The van der Waals surface area contributed by atoms with E-state index in [-0.39, 0.29) is 17.0 Å². The third-order valence-electron chi connectivity index (χ3n) is 5.49. The summed E-state index contributed by atoms with van der Waals surface area (Å²) < 4.78 is 0. The van der Waals surface area contributed by atoms with Crippen LogP contribution in [0.1, 0.15) is 57.9 Å². The molecular weight excluding hydrogens is 274 g/mol. The van der Waals surface area contributed by atoms with Crippen molar-refractivity contribution in [2.45, 2.75) is 57.9 Å². The zero-order valence-electron chi connectivity index (χ0n) is 13.9. The minimum absolute atomic E-state index is 0.0199. The normalized spacial score (nSPS) is 21.5. The summed E-state index contributed by atoms with van der Waals surface area (Å²) in [6, 6.07) is 4.32. The molecule has 2 amide bonds. The highest BCUT2D eigenvalue weighted by molar-refractivity contribution is 5.76. The van der Waals surface area contributed by atoms with Gasteiger partial charge in [-0.1, -0.05) is 20.8 Å². The van der Waals surface area contributed by atoms with Crippen molar-refractivity contribution < 1.29 is 4.79 Å². The number of piperidine rings is 1. The Labute approximate surface area is 133 Å². The van der Waals surface area contributed by atoms with Crippen LogP contribution in [0.25, 0.3) is 0 Å². The molecule has 0 atom stereocenters. The van der Waals surface area contributed by atoms with E-state index in [2.05, 4.69) is 43.2 Å². The van der Waals surface area contributed by atoms with E-state index in [0.717, 1.165) is 38.8 Å². The number of amides is 2. The Bertz CT molecular complexity index is 523. The molecule has 4 heteroatoms. The molecular formula is C18H27N3O. The summed E-state index contributed by atoms with van der Waals surface area (Å²) in [5.41, 5.74) is 1.51. The first kappa shape index (κ1) is 15.3. The summed E-state index contributed by atoms with van der Waals surface area (Å²) in [5.74, 6) is 0.560. The predicted octanol–water partition coefficient (Wildman–Crippen LogP) is 3.55. The first-order chi connectivity index (χ1) is 10.4. The maximum Gasteiger partial charge on any atom is 0.317 e. The van der Waals surface area contributed by atoms with Gasteiger partial charge in [-0.05, 0) is 54.7 Å². The quantitative estimate of drug-likeness (QED) is 0.908. The van der Waals surface area contributed by atoms with Crippen LogP contribution in [0.4, 0.5) is 4.79 Å². The number of hydrogen-bond acceptors (Lipinski definition) is 2. The molecule has 0 radical (unpaired) electrons. The third kappa shape index (κ3) is 2.96. The van der Waals surface area contributed by atoms with E-state index in [1.165, 1.54) is 5.56 Å². The summed E-state index contributed by atoms with van der Waals surface area (Å²) >= 11 is 0. The fraction of sp³-hybridized carbons (Fsp3) is 0.667. The standard InChI is InChI=1S/C18H27N3O/c1-17(2,3)18(8-9-18)20-16(22)21-12-6-15(7-13-21)14-4-10-19-11-5-14/h4-5,10-11,15H,6-9,12-13H2,1-3H3,(H,20,22). The second kappa shape index (κ2) is 5.56. The molecule has 0 bridgehead atoms. The second-order valence-electron chi connectivity index (χ2n) is 7.80. The van der Waals surface area contributed by atoms with E-state index >= 15 is 0 Å². The number of carbonyl (C=O) groups excluding carboxylic acids is 1. The van der Waals surface area contributed by atoms with Crippen molar-refractivity contribution in [3.8, 4) is 0 Å². The second-order valence-corrected chi connectivity index (χ2v) is 7.80. The topological polar surface area (TPSA) is 45.2 Å². The fourth-order valence-corrected chi connectivity index (χ4v) is 3.52. The van der Waals surface area contributed by atoms with E-state index in [1.807, 2.05) is 17.3 Å². The molecule has 1 aromatic rings. The van der Waals surface area contributed by atoms with Crippen LogP contribution in [0.3, 0.4) is 0 Å². The zero-order valence-corrected chi connectivity index (χ0v) is 13.9. The first-order valence-corrected chi connectivity index (χ1v) is 8.38. The summed E-state index contributed by atoms with van der Waals surface area (Å²) in [5, 5.41) is 3.31. The third-order valence-corrected chi connectivity index (χ3v) is 5.49. The molecule has 1 aliphatic heterocycles. The van der Waals surface area contributed by atoms with Crippen LogP contribution in [0.2, 0.25) is 0 Å². The van der Waals surface area contributed by atoms with Gasteiger partial charge in [0.05, 0.1) is 0 Å². The highest BCUT2D eigenvalue weighted by Crippen LogP contribution is 2.49. The summed E-state index contributed by atoms with van der Waals surface area (Å²) in [6.45, 7) is 8.35. The lowest BCUT2D eigenvalue weighted by atomic mass is 9.84. The molecule has 1 aliphatic carbocycles. The number of carbonyl (C=O) groups is 1. The van der Waals surface area contributed by atoms with E-state index in [9.17, 15) is 4.79 Å². The van der Waals surface area contributed by atoms with Gasteiger partial charge in [0.1, 0.15) is 0 Å². The SMILES string of the molecule is CC(C)(C)C1(NC(=O)N2CCC(c3ccncc3)CC2)CC1. The molecule has 120 valence electrons. The molecule has 2 aliphatic rings. The number of nitrogens with zero attached hydrogens (tertiary/aromatic N) is 2. The molecule has 1 aromatic heterocycles. The number of likely N-dealkylation sites (tertiary alicyclic amines) is 1. The molecule has 3 rings (SSSR count). The molecule has 1 saturated heterocycles. The summed E-state index contributed by atoms with van der Waals surface area (Å²) in [4.78, 5) is 18.6. The number of urea groups is 1. The van der Waals surface area contributed by atoms with Gasteiger partial charge in [-0.15, -0.1) is 0 Å². The van der Waals surface area contributed by atoms with E-state index in [1.54, 1.807) is 0 Å². The largest absolute Gasteiger partial charge is 0.332 e. The van der Waals surface area contributed by atoms with Gasteiger partial charge in [-0.3, -0.25) is 4.98 Å². The predicted molar refractivity (Wildman–Crippen MR) is 87.7 cm³/mol. The average Bonchev–Trinajstić information content (AvgIpc) is 3.29. The van der Waals surface area contributed by atoms with Crippen molar-refractivity contribution in [1.82, 2.24) is 15.2 Å². The van der Waals surface area contributed by atoms with Gasteiger partial charge in [0.2, 0.25) is 0 Å². The van der Waals surface area contributed by atoms with Gasteiger partial charge in [-0.2, -0.15) is 0 Å². The van der Waals surface area contributed by atoms with Gasteiger partial charge < -0.3 is 10.2 Å². The van der Waals surface area contributed by atoms with Crippen LogP contribution >= 0.6 is 0 Å². The number of rotatable bonds is 2. The summed E-state index contributed by atoms with van der Waals surface area (Å²) in [7, 11) is 0. The number of hydrogen-bond donors (Lipinski definition) is 1. The maximum absolute atomic E-state index is 12.5. The molecule has 0 unspecified atom stereocenters. The van der Waals surface area contributed by atoms with E-state index in [4.69, 9.17) is 0 Å². The van der Waals surface area contributed by atoms with Crippen LogP contribution < -0.4 is 5.32 Å². The Kier molecular flexibility index (Phi) is 3.87. The molecule has 0 spiro atoms. The molecule has 4 nitrogen and oxygen atoms in total. The van der Waals surface area contributed by atoms with Crippen LogP contribution in [0.15, 0.2) is 24.5 Å². The zero-order chi connectivity index (χ0) is 15.8. The van der Waals surface area contributed by atoms with Crippen LogP contribution in [-0.4, -0.2) is 34.5 Å². The molecule has 1 N–H and O–H groups in total. The van der Waals surface area contributed by atoms with Crippen molar-refractivity contribution in [1.29, 1.82) is 0 Å². The van der Waals surface area contributed by atoms with Crippen molar-refractivity contribution in [2.75, 3.05) is 13.1 Å². The Morgan fingerprint density at radius 1 is 1.23 bits per heavy atom. The molecule has 0 aromatic carbocycles. The Balaban J connectivity index is 1.55. The van der Waals surface area contributed by atoms with E-state index < -0.39 is 0 Å². The summed E-state index contributed by atoms with van der Waals surface area (Å²) in [6.07, 6.45) is 8.01. The monoisotopic (exact) mass is 301 g/mol. The fourth-order valence-electron chi connectivity index (χ4n) is 3.52. The van der Waals surface area contributed by atoms with Gasteiger partial charge in [0.25, 0.3) is 0 Å². The van der Waals surface area contributed by atoms with Crippen LogP contribution in [0.5, 0.6) is 0 Å². The molecule has 2 heterocycles. The van der Waals surface area contributed by atoms with Gasteiger partial charge in [0, 0.05) is 31.0 Å². The van der Waals surface area contributed by atoms with Crippen molar-refractivity contribution in [3.63, 3.8) is 0 Å². The first-order valence-electron chi connectivity index (χ1n) is 8.38. The number of aromatic nitrogens is 1. The van der Waals surface area contributed by atoms with Gasteiger partial charge >= 0.3 is 6.03 Å². The minimum atomic E-state index is 0.0199. The highest BCUT2D eigenvalue weighted by atomic mass is 16.2. The maximum atomic E-state index is 12.5. The van der Waals surface area contributed by atoms with Gasteiger partial charge in [-0.25, -0.2) is 4.79 Å². The molecule has 22 heavy (non-hydrogen) atoms. The average molecular weight is 301 g/mol.